The SMILES string of the molecule is COCC(Cl)CNC(=O)c1ccc(SC)cc1. The standard InChI is InChI=1S/C12H16ClNO2S/c1-16-8-10(13)7-14-12(15)9-3-5-11(17-2)6-4-9/h3-6,10H,7-8H2,1-2H3,(H,14,15). The summed E-state index contributed by atoms with van der Waals surface area (Å²) in [6.45, 7) is 0.825. The van der Waals surface area contributed by atoms with Crippen molar-refractivity contribution in [2.75, 3.05) is 26.5 Å². The van der Waals surface area contributed by atoms with Gasteiger partial charge in [0, 0.05) is 24.1 Å². The van der Waals surface area contributed by atoms with E-state index in [1.54, 1.807) is 31.0 Å². The van der Waals surface area contributed by atoms with Crippen LogP contribution in [0.5, 0.6) is 0 Å². The molecule has 94 valence electrons. The Morgan fingerprint density at radius 2 is 2.12 bits per heavy atom. The molecule has 0 saturated carbocycles. The van der Waals surface area contributed by atoms with Crippen molar-refractivity contribution < 1.29 is 9.53 Å². The van der Waals surface area contributed by atoms with E-state index in [2.05, 4.69) is 5.32 Å². The summed E-state index contributed by atoms with van der Waals surface area (Å²) in [6.07, 6.45) is 2.00. The third-order valence-corrected chi connectivity index (χ3v) is 3.21. The predicted molar refractivity (Wildman–Crippen MR) is 72.1 cm³/mol. The first-order valence-electron chi connectivity index (χ1n) is 5.22. The maximum Gasteiger partial charge on any atom is 0.251 e. The van der Waals surface area contributed by atoms with E-state index in [1.807, 2.05) is 18.4 Å². The maximum atomic E-state index is 11.7. The molecule has 0 aliphatic heterocycles. The molecule has 0 radical (unpaired) electrons. The van der Waals surface area contributed by atoms with E-state index in [0.29, 0.717) is 18.7 Å². The molecule has 0 spiro atoms. The Morgan fingerprint density at radius 1 is 1.47 bits per heavy atom. The first kappa shape index (κ1) is 14.4. The topological polar surface area (TPSA) is 38.3 Å². The summed E-state index contributed by atoms with van der Waals surface area (Å²) in [7, 11) is 1.58. The summed E-state index contributed by atoms with van der Waals surface area (Å²) >= 11 is 7.56. The van der Waals surface area contributed by atoms with Gasteiger partial charge in [-0.25, -0.2) is 0 Å². The number of rotatable bonds is 6. The lowest BCUT2D eigenvalue weighted by molar-refractivity contribution is 0.0949. The van der Waals surface area contributed by atoms with Gasteiger partial charge in [0.25, 0.3) is 5.91 Å². The Bertz CT molecular complexity index is 356. The van der Waals surface area contributed by atoms with Crippen molar-refractivity contribution in [1.82, 2.24) is 5.32 Å². The van der Waals surface area contributed by atoms with Gasteiger partial charge in [-0.15, -0.1) is 23.4 Å². The normalized spacial score (nSPS) is 12.2. The van der Waals surface area contributed by atoms with Crippen LogP contribution in [0.4, 0.5) is 0 Å². The van der Waals surface area contributed by atoms with E-state index in [1.165, 1.54) is 0 Å². The number of alkyl halides is 1. The number of nitrogens with one attached hydrogen (secondary N) is 1. The number of hydrogen-bond donors (Lipinski definition) is 1. The zero-order valence-corrected chi connectivity index (χ0v) is 11.5. The van der Waals surface area contributed by atoms with Crippen LogP contribution in [-0.2, 0) is 4.74 Å². The van der Waals surface area contributed by atoms with E-state index in [4.69, 9.17) is 16.3 Å². The van der Waals surface area contributed by atoms with Crippen LogP contribution in [0.15, 0.2) is 29.2 Å². The van der Waals surface area contributed by atoms with Crippen LogP contribution >= 0.6 is 23.4 Å². The molecule has 1 rings (SSSR count). The van der Waals surface area contributed by atoms with E-state index in [0.717, 1.165) is 4.90 Å². The second-order valence-electron chi connectivity index (χ2n) is 3.49. The van der Waals surface area contributed by atoms with Crippen LogP contribution in [0.1, 0.15) is 10.4 Å². The average Bonchev–Trinajstić information content (AvgIpc) is 2.36. The van der Waals surface area contributed by atoms with Crippen LogP contribution in [0.25, 0.3) is 0 Å². The first-order valence-corrected chi connectivity index (χ1v) is 6.88. The van der Waals surface area contributed by atoms with E-state index in [9.17, 15) is 4.79 Å². The van der Waals surface area contributed by atoms with Crippen LogP contribution < -0.4 is 5.32 Å². The Labute approximate surface area is 111 Å². The minimum absolute atomic E-state index is 0.112. The van der Waals surface area contributed by atoms with Gasteiger partial charge in [-0.05, 0) is 30.5 Å². The van der Waals surface area contributed by atoms with Crippen molar-refractivity contribution >= 4 is 29.3 Å². The Kier molecular flexibility index (Phi) is 6.40. The Morgan fingerprint density at radius 3 is 2.65 bits per heavy atom. The molecule has 1 aromatic carbocycles. The number of carbonyl (C=O) groups is 1. The Hall–Kier alpha value is -0.710. The molecule has 0 aliphatic carbocycles. The van der Waals surface area contributed by atoms with Gasteiger partial charge in [-0.2, -0.15) is 0 Å². The number of carbonyl (C=O) groups excluding carboxylic acids is 1. The van der Waals surface area contributed by atoms with Crippen molar-refractivity contribution in [3.63, 3.8) is 0 Å². The van der Waals surface area contributed by atoms with Crippen LogP contribution in [0.3, 0.4) is 0 Å². The number of thioether (sulfide) groups is 1. The van der Waals surface area contributed by atoms with Crippen molar-refractivity contribution in [3.05, 3.63) is 29.8 Å². The Balaban J connectivity index is 2.46. The highest BCUT2D eigenvalue weighted by Crippen LogP contribution is 2.14. The summed E-state index contributed by atoms with van der Waals surface area (Å²) < 4.78 is 4.89. The molecule has 1 amide bonds. The van der Waals surface area contributed by atoms with Gasteiger partial charge in [-0.3, -0.25) is 4.79 Å². The van der Waals surface area contributed by atoms with Crippen molar-refractivity contribution in [1.29, 1.82) is 0 Å². The number of amides is 1. The largest absolute Gasteiger partial charge is 0.383 e. The van der Waals surface area contributed by atoms with Crippen LogP contribution in [0.2, 0.25) is 0 Å². The molecule has 0 heterocycles. The number of ether oxygens (including phenoxy) is 1. The van der Waals surface area contributed by atoms with Gasteiger partial charge in [0.2, 0.25) is 0 Å². The summed E-state index contributed by atoms with van der Waals surface area (Å²) in [5.41, 5.74) is 0.643. The molecule has 0 saturated heterocycles. The second kappa shape index (κ2) is 7.58. The van der Waals surface area contributed by atoms with Crippen molar-refractivity contribution in [2.24, 2.45) is 0 Å². The van der Waals surface area contributed by atoms with Gasteiger partial charge in [-0.1, -0.05) is 0 Å². The smallest absolute Gasteiger partial charge is 0.251 e. The van der Waals surface area contributed by atoms with E-state index < -0.39 is 0 Å². The molecule has 5 heteroatoms. The zero-order chi connectivity index (χ0) is 12.7. The highest BCUT2D eigenvalue weighted by Gasteiger charge is 2.08. The van der Waals surface area contributed by atoms with Gasteiger partial charge in [0.05, 0.1) is 12.0 Å². The summed E-state index contributed by atoms with van der Waals surface area (Å²) in [5, 5.41) is 2.56. The number of methoxy groups -OCH3 is 1. The fourth-order valence-corrected chi connectivity index (χ4v) is 1.90. The minimum Gasteiger partial charge on any atom is -0.383 e. The fraction of sp³-hybridized carbons (Fsp3) is 0.417. The second-order valence-corrected chi connectivity index (χ2v) is 4.99. The quantitative estimate of drug-likeness (QED) is 0.639. The monoisotopic (exact) mass is 273 g/mol. The van der Waals surface area contributed by atoms with Crippen molar-refractivity contribution in [3.8, 4) is 0 Å². The van der Waals surface area contributed by atoms with Gasteiger partial charge < -0.3 is 10.1 Å². The summed E-state index contributed by atoms with van der Waals surface area (Å²) in [6, 6.07) is 7.46. The molecule has 17 heavy (non-hydrogen) atoms. The van der Waals surface area contributed by atoms with Gasteiger partial charge in [0.15, 0.2) is 0 Å². The summed E-state index contributed by atoms with van der Waals surface area (Å²) in [5.74, 6) is -0.112. The van der Waals surface area contributed by atoms with Crippen LogP contribution in [0, 0.1) is 0 Å². The predicted octanol–water partition coefficient (Wildman–Crippen LogP) is 2.39. The molecule has 1 N–H and O–H groups in total. The molecule has 1 unspecified atom stereocenters. The molecule has 3 nitrogen and oxygen atoms in total. The van der Waals surface area contributed by atoms with Gasteiger partial charge in [0.1, 0.15) is 0 Å². The lowest BCUT2D eigenvalue weighted by Gasteiger charge is -2.10. The molecule has 0 aliphatic rings. The van der Waals surface area contributed by atoms with Crippen LogP contribution in [-0.4, -0.2) is 37.8 Å². The number of halogens is 1. The van der Waals surface area contributed by atoms with E-state index in [-0.39, 0.29) is 11.3 Å². The van der Waals surface area contributed by atoms with Crippen molar-refractivity contribution in [2.45, 2.75) is 10.3 Å². The summed E-state index contributed by atoms with van der Waals surface area (Å²) in [4.78, 5) is 12.9. The molecular formula is C12H16ClNO2S. The number of hydrogen-bond acceptors (Lipinski definition) is 3. The first-order chi connectivity index (χ1) is 8.17. The fourth-order valence-electron chi connectivity index (χ4n) is 1.29. The molecule has 0 fully saturated rings. The third kappa shape index (κ3) is 4.98. The van der Waals surface area contributed by atoms with Gasteiger partial charge >= 0.3 is 0 Å². The minimum atomic E-state index is -0.200. The average molecular weight is 274 g/mol. The molecule has 0 aromatic heterocycles. The molecule has 1 aromatic rings. The highest BCUT2D eigenvalue weighted by molar-refractivity contribution is 7.98. The molecule has 1 atom stereocenters. The third-order valence-electron chi connectivity index (χ3n) is 2.18. The van der Waals surface area contributed by atoms with E-state index >= 15 is 0 Å². The molecular weight excluding hydrogens is 258 g/mol. The number of benzene rings is 1. The zero-order valence-electron chi connectivity index (χ0n) is 9.90. The highest BCUT2D eigenvalue weighted by atomic mass is 35.5. The maximum absolute atomic E-state index is 11.7. The lowest BCUT2D eigenvalue weighted by Crippen LogP contribution is -2.31. The molecule has 0 bridgehead atoms. The lowest BCUT2D eigenvalue weighted by atomic mass is 10.2.